The van der Waals surface area contributed by atoms with Crippen LogP contribution in [0.15, 0.2) is 53.1 Å². The molecule has 158 valence electrons. The molecule has 2 aromatic heterocycles. The highest BCUT2D eigenvalue weighted by Crippen LogP contribution is 2.27. The number of carbonyl (C=O) groups is 1. The second-order valence-electron chi connectivity index (χ2n) is 6.89. The van der Waals surface area contributed by atoms with Crippen molar-refractivity contribution in [3.8, 4) is 28.5 Å². The lowest BCUT2D eigenvalue weighted by Crippen LogP contribution is -2.11. The van der Waals surface area contributed by atoms with Crippen LogP contribution in [0.5, 0.6) is 5.75 Å². The van der Waals surface area contributed by atoms with Crippen molar-refractivity contribution >= 4 is 5.97 Å². The number of esters is 1. The van der Waals surface area contributed by atoms with Gasteiger partial charge in [-0.15, -0.1) is 10.2 Å². The summed E-state index contributed by atoms with van der Waals surface area (Å²) < 4.78 is 15.9. The summed E-state index contributed by atoms with van der Waals surface area (Å²) in [5, 5.41) is 16.4. The summed E-state index contributed by atoms with van der Waals surface area (Å²) in [5.41, 5.74) is 1.78. The van der Waals surface area contributed by atoms with Crippen LogP contribution < -0.4 is 4.74 Å². The number of methoxy groups -OCH3 is 1. The molecule has 4 aromatic rings. The Labute approximate surface area is 177 Å². The van der Waals surface area contributed by atoms with Crippen LogP contribution in [0.1, 0.15) is 30.1 Å². The van der Waals surface area contributed by atoms with Crippen molar-refractivity contribution in [2.75, 3.05) is 7.11 Å². The molecule has 31 heavy (non-hydrogen) atoms. The Hall–Kier alpha value is -4.08. The molecule has 0 aliphatic rings. The fourth-order valence-corrected chi connectivity index (χ4v) is 2.87. The van der Waals surface area contributed by atoms with Crippen LogP contribution >= 0.6 is 0 Å². The number of para-hydroxylation sites is 1. The average molecular weight is 420 g/mol. The van der Waals surface area contributed by atoms with Crippen molar-refractivity contribution in [1.29, 1.82) is 0 Å². The molecular weight excluding hydrogens is 400 g/mol. The molecule has 0 atom stereocenters. The third kappa shape index (κ3) is 4.58. The lowest BCUT2D eigenvalue weighted by Gasteiger charge is -2.08. The number of hydrogen-bond acceptors (Lipinski definition) is 9. The van der Waals surface area contributed by atoms with Crippen molar-refractivity contribution in [2.24, 2.45) is 0 Å². The van der Waals surface area contributed by atoms with Crippen LogP contribution in [0.3, 0.4) is 0 Å². The molecule has 2 heterocycles. The Morgan fingerprint density at radius 2 is 1.97 bits per heavy atom. The lowest BCUT2D eigenvalue weighted by atomic mass is 10.1. The summed E-state index contributed by atoms with van der Waals surface area (Å²) in [7, 11) is 1.58. The number of tetrazole rings is 1. The molecule has 10 heteroatoms. The molecule has 0 aliphatic heterocycles. The molecule has 0 amide bonds. The highest BCUT2D eigenvalue weighted by atomic mass is 16.5. The van der Waals surface area contributed by atoms with E-state index in [2.05, 4.69) is 25.6 Å². The van der Waals surface area contributed by atoms with Crippen LogP contribution in [0.25, 0.3) is 22.8 Å². The minimum absolute atomic E-state index is 0.143. The highest BCUT2D eigenvalue weighted by molar-refractivity contribution is 5.90. The summed E-state index contributed by atoms with van der Waals surface area (Å²) in [5.74, 6) is 1.33. The van der Waals surface area contributed by atoms with Gasteiger partial charge in [-0.3, -0.25) is 0 Å². The number of aromatic nitrogens is 6. The largest absolute Gasteiger partial charge is 0.496 e. The van der Waals surface area contributed by atoms with Crippen LogP contribution in [0, 0.1) is 0 Å². The van der Waals surface area contributed by atoms with Gasteiger partial charge >= 0.3 is 5.97 Å². The molecule has 0 saturated heterocycles. The summed E-state index contributed by atoms with van der Waals surface area (Å²) in [6, 6.07) is 14.3. The van der Waals surface area contributed by atoms with Crippen molar-refractivity contribution < 1.29 is 18.8 Å². The van der Waals surface area contributed by atoms with Gasteiger partial charge in [-0.1, -0.05) is 29.4 Å². The molecule has 0 fully saturated rings. The van der Waals surface area contributed by atoms with Crippen LogP contribution in [0.2, 0.25) is 0 Å². The molecule has 2 aromatic carbocycles. The van der Waals surface area contributed by atoms with Crippen molar-refractivity contribution in [1.82, 2.24) is 30.3 Å². The Bertz CT molecular complexity index is 1200. The number of hydrogen-bond donors (Lipinski definition) is 0. The fourth-order valence-electron chi connectivity index (χ4n) is 2.87. The minimum Gasteiger partial charge on any atom is -0.496 e. The summed E-state index contributed by atoms with van der Waals surface area (Å²) in [4.78, 5) is 17.9. The maximum atomic E-state index is 12.1. The third-order valence-electron chi connectivity index (χ3n) is 4.24. The molecule has 10 nitrogen and oxygen atoms in total. The first-order valence-corrected chi connectivity index (χ1v) is 9.58. The number of benzene rings is 2. The summed E-state index contributed by atoms with van der Waals surface area (Å²) >= 11 is 0. The zero-order valence-electron chi connectivity index (χ0n) is 17.2. The standard InChI is InChI=1S/C21H20N6O4/c1-13(2)30-21(28)15-8-6-7-14(11-15)19-23-26-27(24-19)12-18-22-20(25-31-18)16-9-4-5-10-17(16)29-3/h4-11,13H,12H2,1-3H3. The van der Waals surface area contributed by atoms with E-state index >= 15 is 0 Å². The SMILES string of the molecule is COc1ccccc1-c1noc(Cn2nnc(-c3cccc(C(=O)OC(C)C)c3)n2)n1. The van der Waals surface area contributed by atoms with E-state index in [1.807, 2.05) is 24.3 Å². The van der Waals surface area contributed by atoms with Gasteiger partial charge in [-0.25, -0.2) is 4.79 Å². The zero-order chi connectivity index (χ0) is 21.8. The van der Waals surface area contributed by atoms with E-state index in [0.29, 0.717) is 34.4 Å². The molecule has 0 saturated carbocycles. The molecule has 0 aliphatic carbocycles. The Morgan fingerprint density at radius 1 is 1.13 bits per heavy atom. The van der Waals surface area contributed by atoms with Crippen LogP contribution in [-0.4, -0.2) is 49.5 Å². The number of nitrogens with zero attached hydrogens (tertiary/aromatic N) is 6. The predicted octanol–water partition coefficient (Wildman–Crippen LogP) is 3.01. The van der Waals surface area contributed by atoms with E-state index < -0.39 is 5.97 Å². The summed E-state index contributed by atoms with van der Waals surface area (Å²) in [6.07, 6.45) is -0.203. The first kappa shape index (κ1) is 20.2. The van der Waals surface area contributed by atoms with Crippen molar-refractivity contribution in [3.05, 3.63) is 60.0 Å². The Morgan fingerprint density at radius 3 is 2.77 bits per heavy atom. The lowest BCUT2D eigenvalue weighted by molar-refractivity contribution is 0.0378. The van der Waals surface area contributed by atoms with Gasteiger partial charge in [0.15, 0.2) is 0 Å². The van der Waals surface area contributed by atoms with Gasteiger partial charge in [-0.2, -0.15) is 9.78 Å². The fraction of sp³-hybridized carbons (Fsp3) is 0.238. The van der Waals surface area contributed by atoms with Gasteiger partial charge in [0, 0.05) is 5.56 Å². The first-order chi connectivity index (χ1) is 15.0. The zero-order valence-corrected chi connectivity index (χ0v) is 17.2. The molecular formula is C21H20N6O4. The third-order valence-corrected chi connectivity index (χ3v) is 4.24. The smallest absolute Gasteiger partial charge is 0.338 e. The summed E-state index contributed by atoms with van der Waals surface area (Å²) in [6.45, 7) is 3.74. The minimum atomic E-state index is -0.404. The van der Waals surface area contributed by atoms with Gasteiger partial charge in [-0.05, 0) is 43.3 Å². The van der Waals surface area contributed by atoms with E-state index in [0.717, 1.165) is 5.56 Å². The Kier molecular flexibility index (Phi) is 5.69. The maximum absolute atomic E-state index is 12.1. The highest BCUT2D eigenvalue weighted by Gasteiger charge is 2.16. The average Bonchev–Trinajstić information content (AvgIpc) is 3.43. The topological polar surface area (TPSA) is 118 Å². The molecule has 0 bridgehead atoms. The quantitative estimate of drug-likeness (QED) is 0.416. The van der Waals surface area contributed by atoms with Crippen molar-refractivity contribution in [2.45, 2.75) is 26.5 Å². The molecule has 0 unspecified atom stereocenters. The van der Waals surface area contributed by atoms with Crippen LogP contribution in [-0.2, 0) is 11.3 Å². The van der Waals surface area contributed by atoms with E-state index in [4.69, 9.17) is 14.0 Å². The van der Waals surface area contributed by atoms with E-state index in [1.165, 1.54) is 4.80 Å². The second kappa shape index (κ2) is 8.74. The van der Waals surface area contributed by atoms with Gasteiger partial charge in [0.05, 0.1) is 24.3 Å². The predicted molar refractivity (Wildman–Crippen MR) is 109 cm³/mol. The number of carbonyl (C=O) groups excluding carboxylic acids is 1. The molecule has 0 N–H and O–H groups in total. The van der Waals surface area contributed by atoms with Gasteiger partial charge in [0.2, 0.25) is 11.6 Å². The van der Waals surface area contributed by atoms with Crippen molar-refractivity contribution in [3.63, 3.8) is 0 Å². The van der Waals surface area contributed by atoms with E-state index in [-0.39, 0.29) is 12.6 Å². The molecule has 0 spiro atoms. The van der Waals surface area contributed by atoms with Gasteiger partial charge in [0.25, 0.3) is 5.89 Å². The molecule has 4 rings (SSSR count). The first-order valence-electron chi connectivity index (χ1n) is 9.58. The monoisotopic (exact) mass is 420 g/mol. The van der Waals surface area contributed by atoms with Gasteiger partial charge in [0.1, 0.15) is 12.3 Å². The normalized spacial score (nSPS) is 11.0. The Balaban J connectivity index is 1.51. The van der Waals surface area contributed by atoms with Gasteiger partial charge < -0.3 is 14.0 Å². The number of rotatable bonds is 7. The maximum Gasteiger partial charge on any atom is 0.338 e. The van der Waals surface area contributed by atoms with E-state index in [9.17, 15) is 4.79 Å². The second-order valence-corrected chi connectivity index (χ2v) is 6.89. The number of ether oxygens (including phenoxy) is 2. The van der Waals surface area contributed by atoms with Crippen LogP contribution in [0.4, 0.5) is 0 Å². The van der Waals surface area contributed by atoms with E-state index in [1.54, 1.807) is 45.2 Å². The molecule has 0 radical (unpaired) electrons.